The average molecular weight is 493 g/mol. The van der Waals surface area contributed by atoms with Crippen LogP contribution in [0.2, 0.25) is 0 Å². The van der Waals surface area contributed by atoms with Crippen molar-refractivity contribution in [1.82, 2.24) is 0 Å². The van der Waals surface area contributed by atoms with Gasteiger partial charge in [0.25, 0.3) is 0 Å². The summed E-state index contributed by atoms with van der Waals surface area (Å²) < 4.78 is 28.8. The predicted molar refractivity (Wildman–Crippen MR) is 129 cm³/mol. The van der Waals surface area contributed by atoms with E-state index in [1.165, 1.54) is 19.8 Å². The largest absolute Gasteiger partial charge is 0.462 e. The van der Waals surface area contributed by atoms with E-state index < -0.39 is 17.1 Å². The van der Waals surface area contributed by atoms with Gasteiger partial charge in [-0.05, 0) is 54.8 Å². The molecule has 7 heteroatoms. The van der Waals surface area contributed by atoms with Gasteiger partial charge in [-0.1, -0.05) is 32.9 Å². The zero-order chi connectivity index (χ0) is 25.0. The van der Waals surface area contributed by atoms with Crippen molar-refractivity contribution in [1.29, 1.82) is 0 Å². The third kappa shape index (κ3) is 4.01. The van der Waals surface area contributed by atoms with Crippen molar-refractivity contribution in [2.24, 2.45) is 40.4 Å². The Morgan fingerprint density at radius 2 is 1.91 bits per heavy atom. The predicted octanol–water partition coefficient (Wildman–Crippen LogP) is 4.08. The van der Waals surface area contributed by atoms with Crippen LogP contribution in [0.1, 0.15) is 66.2 Å². The fraction of sp³-hybridized carbons (Fsp3) is 0.893. The van der Waals surface area contributed by atoms with Gasteiger partial charge >= 0.3 is 5.97 Å². The SMILES string of the molecule is COCOC1CC(OC(C)=O)[C@]2(C)[C@H]3CC[C@]4(C)[C@@H](C(C)C5OCCO5)CC[C@H]4[C@@H]3C=CC2(O)C1. The Morgan fingerprint density at radius 1 is 1.17 bits per heavy atom. The van der Waals surface area contributed by atoms with Crippen LogP contribution in [0.4, 0.5) is 0 Å². The Hall–Kier alpha value is -0.990. The van der Waals surface area contributed by atoms with Gasteiger partial charge in [-0.25, -0.2) is 0 Å². The second kappa shape index (κ2) is 9.39. The first-order valence-corrected chi connectivity index (χ1v) is 13.6. The molecular weight excluding hydrogens is 448 g/mol. The van der Waals surface area contributed by atoms with Gasteiger partial charge in [0.2, 0.25) is 0 Å². The highest BCUT2D eigenvalue weighted by Gasteiger charge is 2.67. The maximum Gasteiger partial charge on any atom is 0.302 e. The van der Waals surface area contributed by atoms with E-state index in [0.29, 0.717) is 49.7 Å². The molecule has 0 aromatic carbocycles. The molecular formula is C28H44O7. The van der Waals surface area contributed by atoms with E-state index in [0.717, 1.165) is 12.8 Å². The molecule has 1 heterocycles. The minimum absolute atomic E-state index is 0.0893. The van der Waals surface area contributed by atoms with Crippen LogP contribution < -0.4 is 0 Å². The number of aliphatic hydroxyl groups is 1. The van der Waals surface area contributed by atoms with Crippen LogP contribution in [-0.4, -0.2) is 62.3 Å². The molecule has 0 radical (unpaired) electrons. The molecule has 0 aromatic heterocycles. The summed E-state index contributed by atoms with van der Waals surface area (Å²) in [6.45, 7) is 9.95. The molecule has 35 heavy (non-hydrogen) atoms. The molecule has 1 saturated heterocycles. The van der Waals surface area contributed by atoms with E-state index in [9.17, 15) is 9.90 Å². The molecule has 0 spiro atoms. The molecule has 0 bridgehead atoms. The highest BCUT2D eigenvalue weighted by atomic mass is 16.7. The summed E-state index contributed by atoms with van der Waals surface area (Å²) in [6.07, 6.45) is 9.16. The van der Waals surface area contributed by atoms with Crippen molar-refractivity contribution in [3.63, 3.8) is 0 Å². The summed E-state index contributed by atoms with van der Waals surface area (Å²) >= 11 is 0. The van der Waals surface area contributed by atoms with Crippen LogP contribution in [0.5, 0.6) is 0 Å². The van der Waals surface area contributed by atoms with E-state index in [1.54, 1.807) is 7.11 Å². The lowest BCUT2D eigenvalue weighted by atomic mass is 9.44. The van der Waals surface area contributed by atoms with Crippen molar-refractivity contribution in [2.75, 3.05) is 27.1 Å². The molecule has 5 aliphatic rings. The summed E-state index contributed by atoms with van der Waals surface area (Å²) in [6, 6.07) is 0. The average Bonchev–Trinajstić information content (AvgIpc) is 3.46. The first kappa shape index (κ1) is 25.7. The third-order valence-electron chi connectivity index (χ3n) is 10.8. The van der Waals surface area contributed by atoms with Crippen molar-refractivity contribution in [3.05, 3.63) is 12.2 Å². The number of ether oxygens (including phenoxy) is 5. The number of carbonyl (C=O) groups excluding carboxylic acids is 1. The van der Waals surface area contributed by atoms with E-state index in [-0.39, 0.29) is 36.5 Å². The first-order chi connectivity index (χ1) is 16.6. The topological polar surface area (TPSA) is 83.5 Å². The van der Waals surface area contributed by atoms with Crippen molar-refractivity contribution < 1.29 is 33.6 Å². The van der Waals surface area contributed by atoms with E-state index >= 15 is 0 Å². The van der Waals surface area contributed by atoms with Crippen LogP contribution in [-0.2, 0) is 28.5 Å². The Balaban J connectivity index is 1.44. The van der Waals surface area contributed by atoms with Crippen molar-refractivity contribution >= 4 is 5.97 Å². The van der Waals surface area contributed by atoms with Gasteiger partial charge in [0, 0.05) is 38.2 Å². The summed E-state index contributed by atoms with van der Waals surface area (Å²) in [4.78, 5) is 12.2. The standard InChI is InChI=1S/C28H44O7/c1-17(25-32-12-13-33-25)21-6-7-22-20-8-11-28(30)15-19(34-16-31-5)14-24(35-18(2)29)27(28,4)23(20)9-10-26(21,22)3/h8,11,17,19-25,30H,6-7,9-10,12-16H2,1-5H3/t17?,19?,20-,21+,22-,23-,24?,26+,27-,28?/m0/s1. The second-order valence-corrected chi connectivity index (χ2v) is 12.3. The first-order valence-electron chi connectivity index (χ1n) is 13.6. The third-order valence-corrected chi connectivity index (χ3v) is 10.8. The molecule has 5 rings (SSSR count). The minimum Gasteiger partial charge on any atom is -0.462 e. The number of hydrogen-bond donors (Lipinski definition) is 1. The molecule has 4 fully saturated rings. The summed E-state index contributed by atoms with van der Waals surface area (Å²) in [7, 11) is 1.59. The monoisotopic (exact) mass is 492 g/mol. The van der Waals surface area contributed by atoms with Crippen molar-refractivity contribution in [3.8, 4) is 0 Å². The highest BCUT2D eigenvalue weighted by Crippen LogP contribution is 2.68. The molecule has 0 aromatic rings. The van der Waals surface area contributed by atoms with Crippen LogP contribution in [0.15, 0.2) is 12.2 Å². The Kier molecular flexibility index (Phi) is 6.88. The van der Waals surface area contributed by atoms with Crippen molar-refractivity contribution in [2.45, 2.75) is 90.3 Å². The second-order valence-electron chi connectivity index (χ2n) is 12.3. The Bertz CT molecular complexity index is 824. The van der Waals surface area contributed by atoms with Gasteiger partial charge < -0.3 is 28.8 Å². The lowest BCUT2D eigenvalue weighted by Crippen LogP contribution is -2.67. The number of esters is 1. The fourth-order valence-corrected chi connectivity index (χ4v) is 9.09. The number of fused-ring (bicyclic) bond motifs is 5. The molecule has 4 unspecified atom stereocenters. The molecule has 1 aliphatic heterocycles. The molecule has 4 aliphatic carbocycles. The number of rotatable bonds is 6. The van der Waals surface area contributed by atoms with E-state index in [1.807, 2.05) is 6.08 Å². The lowest BCUT2D eigenvalue weighted by molar-refractivity contribution is -0.239. The van der Waals surface area contributed by atoms with Gasteiger partial charge in [0.1, 0.15) is 12.9 Å². The van der Waals surface area contributed by atoms with Crippen LogP contribution in [0, 0.1) is 40.4 Å². The van der Waals surface area contributed by atoms with E-state index in [4.69, 9.17) is 23.7 Å². The van der Waals surface area contributed by atoms with Gasteiger partial charge in [-0.2, -0.15) is 0 Å². The van der Waals surface area contributed by atoms with Gasteiger partial charge in [0.05, 0.1) is 24.9 Å². The maximum atomic E-state index is 12.2. The van der Waals surface area contributed by atoms with Crippen LogP contribution in [0.3, 0.4) is 0 Å². The molecule has 3 saturated carbocycles. The molecule has 7 nitrogen and oxygen atoms in total. The fourth-order valence-electron chi connectivity index (χ4n) is 9.09. The summed E-state index contributed by atoms with van der Waals surface area (Å²) in [5, 5.41) is 12.1. The number of allylic oxidation sites excluding steroid dienone is 1. The quantitative estimate of drug-likeness (QED) is 0.340. The normalized spacial score (nSPS) is 48.2. The molecule has 1 N–H and O–H groups in total. The Morgan fingerprint density at radius 3 is 2.60 bits per heavy atom. The maximum absolute atomic E-state index is 12.2. The zero-order valence-electron chi connectivity index (χ0n) is 22.0. The molecule has 0 amide bonds. The Labute approximate surface area is 209 Å². The lowest BCUT2D eigenvalue weighted by Gasteiger charge is -2.63. The molecule has 10 atom stereocenters. The number of hydrogen-bond acceptors (Lipinski definition) is 7. The summed E-state index contributed by atoms with van der Waals surface area (Å²) in [5.41, 5.74) is -1.44. The number of carbonyl (C=O) groups is 1. The summed E-state index contributed by atoms with van der Waals surface area (Å²) in [5.74, 6) is 1.76. The highest BCUT2D eigenvalue weighted by molar-refractivity contribution is 5.66. The zero-order valence-corrected chi connectivity index (χ0v) is 22.0. The van der Waals surface area contributed by atoms with Gasteiger partial charge in [0.15, 0.2) is 6.29 Å². The smallest absolute Gasteiger partial charge is 0.302 e. The molecule has 198 valence electrons. The van der Waals surface area contributed by atoms with Crippen LogP contribution >= 0.6 is 0 Å². The minimum atomic E-state index is -1.09. The van der Waals surface area contributed by atoms with E-state index in [2.05, 4.69) is 26.8 Å². The van der Waals surface area contributed by atoms with Gasteiger partial charge in [-0.3, -0.25) is 4.79 Å². The van der Waals surface area contributed by atoms with Gasteiger partial charge in [-0.15, -0.1) is 0 Å². The van der Waals surface area contributed by atoms with Crippen LogP contribution in [0.25, 0.3) is 0 Å². The number of methoxy groups -OCH3 is 1.